The fourth-order valence-corrected chi connectivity index (χ4v) is 2.27. The van der Waals surface area contributed by atoms with E-state index in [-0.39, 0.29) is 11.9 Å². The summed E-state index contributed by atoms with van der Waals surface area (Å²) in [5.74, 6) is -0.277. The van der Waals surface area contributed by atoms with Crippen LogP contribution in [0, 0.1) is 5.82 Å². The molecule has 0 spiro atoms. The van der Waals surface area contributed by atoms with Crippen molar-refractivity contribution in [3.8, 4) is 0 Å². The summed E-state index contributed by atoms with van der Waals surface area (Å²) in [6.45, 7) is 1.89. The van der Waals surface area contributed by atoms with Crippen LogP contribution in [0.2, 0.25) is 0 Å². The molecule has 0 saturated heterocycles. The summed E-state index contributed by atoms with van der Waals surface area (Å²) in [6, 6.07) is 5.13. The monoisotopic (exact) mass is 267 g/mol. The Hall–Kier alpha value is -1.47. The smallest absolute Gasteiger partial charge is 0.213 e. The largest absolute Gasteiger partial charge is 0.328 e. The molecule has 1 aromatic heterocycles. The van der Waals surface area contributed by atoms with Crippen molar-refractivity contribution in [1.29, 1.82) is 0 Å². The van der Waals surface area contributed by atoms with Crippen LogP contribution in [-0.4, -0.2) is 26.2 Å². The van der Waals surface area contributed by atoms with Crippen LogP contribution >= 0.6 is 11.8 Å². The molecular formula is C11H14FN5S. The number of nitrogens with two attached hydrogens (primary N) is 1. The van der Waals surface area contributed by atoms with E-state index in [0.29, 0.717) is 16.5 Å². The lowest BCUT2D eigenvalue weighted by Crippen LogP contribution is -2.17. The van der Waals surface area contributed by atoms with Gasteiger partial charge in [-0.05, 0) is 53.2 Å². The second-order valence-electron chi connectivity index (χ2n) is 4.13. The maximum Gasteiger partial charge on any atom is 0.213 e. The molecule has 0 amide bonds. The highest BCUT2D eigenvalue weighted by molar-refractivity contribution is 7.99. The molecule has 1 atom stereocenters. The van der Waals surface area contributed by atoms with Crippen LogP contribution < -0.4 is 5.73 Å². The van der Waals surface area contributed by atoms with Gasteiger partial charge >= 0.3 is 0 Å². The van der Waals surface area contributed by atoms with E-state index in [1.54, 1.807) is 13.1 Å². The van der Waals surface area contributed by atoms with E-state index in [9.17, 15) is 4.39 Å². The first-order chi connectivity index (χ1) is 8.56. The number of hydrogen-bond acceptors (Lipinski definition) is 5. The Bertz CT molecular complexity index is 540. The van der Waals surface area contributed by atoms with E-state index in [0.717, 1.165) is 5.56 Å². The number of halogens is 1. The number of aryl methyl sites for hydroxylation is 1. The molecule has 2 N–H and O–H groups in total. The molecule has 7 heteroatoms. The molecule has 0 aliphatic heterocycles. The van der Waals surface area contributed by atoms with Crippen molar-refractivity contribution in [1.82, 2.24) is 20.2 Å². The Morgan fingerprint density at radius 1 is 1.50 bits per heavy atom. The number of nitrogens with zero attached hydrogens (tertiary/aromatic N) is 4. The van der Waals surface area contributed by atoms with Gasteiger partial charge in [0.1, 0.15) is 5.82 Å². The van der Waals surface area contributed by atoms with Crippen molar-refractivity contribution < 1.29 is 4.39 Å². The van der Waals surface area contributed by atoms with Crippen molar-refractivity contribution in [2.45, 2.75) is 29.4 Å². The third kappa shape index (κ3) is 3.05. The zero-order chi connectivity index (χ0) is 13.1. The lowest BCUT2D eigenvalue weighted by molar-refractivity contribution is 0.596. The van der Waals surface area contributed by atoms with E-state index in [1.807, 2.05) is 13.0 Å². The molecule has 2 rings (SSSR count). The molecule has 2 aromatic rings. The number of tetrazole rings is 1. The van der Waals surface area contributed by atoms with Crippen LogP contribution in [0.3, 0.4) is 0 Å². The zero-order valence-corrected chi connectivity index (χ0v) is 11.0. The Kier molecular flexibility index (Phi) is 3.93. The fraction of sp³-hybridized carbons (Fsp3) is 0.364. The molecule has 0 aliphatic rings. The van der Waals surface area contributed by atoms with Crippen molar-refractivity contribution in [3.63, 3.8) is 0 Å². The second kappa shape index (κ2) is 5.45. The summed E-state index contributed by atoms with van der Waals surface area (Å²) in [6.07, 6.45) is 0.660. The summed E-state index contributed by atoms with van der Waals surface area (Å²) < 4.78 is 15.4. The van der Waals surface area contributed by atoms with Crippen LogP contribution in [0.5, 0.6) is 0 Å². The molecule has 1 unspecified atom stereocenters. The molecule has 0 saturated carbocycles. The van der Waals surface area contributed by atoms with Crippen molar-refractivity contribution in [2.24, 2.45) is 12.8 Å². The minimum absolute atomic E-state index is 0.0193. The Morgan fingerprint density at radius 3 is 2.83 bits per heavy atom. The highest BCUT2D eigenvalue weighted by atomic mass is 32.2. The van der Waals surface area contributed by atoms with E-state index in [1.165, 1.54) is 22.5 Å². The van der Waals surface area contributed by atoms with Gasteiger partial charge in [-0.1, -0.05) is 6.07 Å². The summed E-state index contributed by atoms with van der Waals surface area (Å²) in [5, 5.41) is 11.6. The molecule has 96 valence electrons. The summed E-state index contributed by atoms with van der Waals surface area (Å²) >= 11 is 1.20. The molecule has 18 heavy (non-hydrogen) atoms. The second-order valence-corrected chi connectivity index (χ2v) is 5.14. The molecule has 0 aliphatic carbocycles. The van der Waals surface area contributed by atoms with Gasteiger partial charge in [-0.3, -0.25) is 0 Å². The standard InChI is InChI=1S/C11H14FN5S/c1-7(13)5-8-3-4-10(9(12)6-8)18-11-14-15-16-17(11)2/h3-4,6-7H,5,13H2,1-2H3. The quantitative estimate of drug-likeness (QED) is 0.906. The number of hydrogen-bond donors (Lipinski definition) is 1. The van der Waals surface area contributed by atoms with Crippen molar-refractivity contribution >= 4 is 11.8 Å². The third-order valence-electron chi connectivity index (χ3n) is 2.34. The van der Waals surface area contributed by atoms with E-state index in [4.69, 9.17) is 5.73 Å². The maximum absolute atomic E-state index is 13.9. The first-order valence-corrected chi connectivity index (χ1v) is 6.32. The molecule has 5 nitrogen and oxygen atoms in total. The molecule has 0 fully saturated rings. The van der Waals surface area contributed by atoms with E-state index >= 15 is 0 Å². The van der Waals surface area contributed by atoms with Gasteiger partial charge in [0, 0.05) is 13.1 Å². The molecular weight excluding hydrogens is 253 g/mol. The minimum Gasteiger partial charge on any atom is -0.328 e. The number of aromatic nitrogens is 4. The van der Waals surface area contributed by atoms with Crippen molar-refractivity contribution in [3.05, 3.63) is 29.6 Å². The first kappa shape index (κ1) is 13.0. The average Bonchev–Trinajstić information content (AvgIpc) is 2.67. The van der Waals surface area contributed by atoms with Crippen LogP contribution in [0.1, 0.15) is 12.5 Å². The zero-order valence-electron chi connectivity index (χ0n) is 10.2. The van der Waals surface area contributed by atoms with Gasteiger partial charge in [0.2, 0.25) is 5.16 Å². The van der Waals surface area contributed by atoms with Crippen LogP contribution in [0.4, 0.5) is 4.39 Å². The van der Waals surface area contributed by atoms with E-state index in [2.05, 4.69) is 15.5 Å². The van der Waals surface area contributed by atoms with Gasteiger partial charge < -0.3 is 5.73 Å². The highest BCUT2D eigenvalue weighted by Crippen LogP contribution is 2.28. The fourth-order valence-electron chi connectivity index (χ4n) is 1.53. The Labute approximate surface area is 109 Å². The van der Waals surface area contributed by atoms with Gasteiger partial charge in [0.25, 0.3) is 0 Å². The van der Waals surface area contributed by atoms with Crippen LogP contribution in [0.15, 0.2) is 28.3 Å². The van der Waals surface area contributed by atoms with Crippen LogP contribution in [-0.2, 0) is 13.5 Å². The summed E-state index contributed by atoms with van der Waals surface area (Å²) in [5.41, 5.74) is 6.58. The number of rotatable bonds is 4. The van der Waals surface area contributed by atoms with Gasteiger partial charge in [-0.15, -0.1) is 5.10 Å². The molecule has 1 aromatic carbocycles. The molecule has 0 radical (unpaired) electrons. The van der Waals surface area contributed by atoms with E-state index < -0.39 is 0 Å². The number of benzene rings is 1. The first-order valence-electron chi connectivity index (χ1n) is 5.50. The van der Waals surface area contributed by atoms with Crippen molar-refractivity contribution in [2.75, 3.05) is 0 Å². The van der Waals surface area contributed by atoms with Gasteiger partial charge in [-0.2, -0.15) is 0 Å². The third-order valence-corrected chi connectivity index (χ3v) is 3.42. The summed E-state index contributed by atoms with van der Waals surface area (Å²) in [7, 11) is 1.71. The van der Waals surface area contributed by atoms with Gasteiger partial charge in [0.15, 0.2) is 0 Å². The lowest BCUT2D eigenvalue weighted by Gasteiger charge is -2.07. The molecule has 1 heterocycles. The van der Waals surface area contributed by atoms with Crippen LogP contribution in [0.25, 0.3) is 0 Å². The normalized spacial score (nSPS) is 12.7. The molecule has 0 bridgehead atoms. The topological polar surface area (TPSA) is 69.6 Å². The minimum atomic E-state index is -0.277. The Balaban J connectivity index is 2.17. The maximum atomic E-state index is 13.9. The predicted molar refractivity (Wildman–Crippen MR) is 66.7 cm³/mol. The SMILES string of the molecule is CC(N)Cc1ccc(Sc2nnnn2C)c(F)c1. The highest BCUT2D eigenvalue weighted by Gasteiger charge is 2.10. The lowest BCUT2D eigenvalue weighted by atomic mass is 10.1. The summed E-state index contributed by atoms with van der Waals surface area (Å²) in [4.78, 5) is 0.501. The Morgan fingerprint density at radius 2 is 2.28 bits per heavy atom. The average molecular weight is 267 g/mol. The van der Waals surface area contributed by atoms with Gasteiger partial charge in [0.05, 0.1) is 4.90 Å². The van der Waals surface area contributed by atoms with Gasteiger partial charge in [-0.25, -0.2) is 9.07 Å². The predicted octanol–water partition coefficient (Wildman–Crippen LogP) is 1.39.